The van der Waals surface area contributed by atoms with E-state index in [-0.39, 0.29) is 11.8 Å². The lowest BCUT2D eigenvalue weighted by Gasteiger charge is -2.17. The number of rotatable bonds is 5. The molecule has 1 heterocycles. The number of nitrogens with one attached hydrogen (secondary N) is 1. The Morgan fingerprint density at radius 2 is 1.36 bits per heavy atom. The van der Waals surface area contributed by atoms with Crippen molar-refractivity contribution in [2.45, 2.75) is 47.5 Å². The molecule has 0 saturated heterocycles. The number of carbonyl (C=O) groups is 2. The Kier molecular flexibility index (Phi) is 5.94. The van der Waals surface area contributed by atoms with E-state index in [1.54, 1.807) is 0 Å². The van der Waals surface area contributed by atoms with Crippen LogP contribution in [0.15, 0.2) is 66.4 Å². The molecular weight excluding hydrogens is 408 g/mol. The zero-order valence-electron chi connectivity index (χ0n) is 20.1. The number of anilines is 2. The molecule has 168 valence electrons. The molecular formula is C29H30N2O2. The van der Waals surface area contributed by atoms with Crippen LogP contribution >= 0.6 is 0 Å². The average molecular weight is 439 g/mol. The third-order valence-corrected chi connectivity index (χ3v) is 6.19. The highest BCUT2D eigenvalue weighted by Crippen LogP contribution is 2.35. The Hall–Kier alpha value is -3.66. The molecule has 0 bridgehead atoms. The van der Waals surface area contributed by atoms with Crippen molar-refractivity contribution in [3.63, 3.8) is 0 Å². The second kappa shape index (κ2) is 8.70. The van der Waals surface area contributed by atoms with Crippen LogP contribution in [-0.4, -0.2) is 11.8 Å². The van der Waals surface area contributed by atoms with E-state index >= 15 is 0 Å². The van der Waals surface area contributed by atoms with Gasteiger partial charge in [0.2, 0.25) is 0 Å². The van der Waals surface area contributed by atoms with Gasteiger partial charge < -0.3 is 5.32 Å². The minimum atomic E-state index is -0.342. The number of nitrogens with zero attached hydrogens (tertiary/aromatic N) is 1. The molecule has 0 aliphatic carbocycles. The Morgan fingerprint density at radius 1 is 0.727 bits per heavy atom. The van der Waals surface area contributed by atoms with Crippen molar-refractivity contribution < 1.29 is 9.59 Å². The number of amides is 2. The molecule has 0 radical (unpaired) electrons. The zero-order chi connectivity index (χ0) is 23.9. The number of hydrogen-bond acceptors (Lipinski definition) is 3. The average Bonchev–Trinajstić information content (AvgIpc) is 2.99. The summed E-state index contributed by atoms with van der Waals surface area (Å²) in [6, 6.07) is 19.7. The number of hydrogen-bond donors (Lipinski definition) is 1. The van der Waals surface area contributed by atoms with Crippen molar-refractivity contribution in [1.29, 1.82) is 0 Å². The lowest BCUT2D eigenvalue weighted by Crippen LogP contribution is -2.32. The summed E-state index contributed by atoms with van der Waals surface area (Å²) in [5.74, 6) is -0.236. The molecule has 0 aromatic heterocycles. The minimum absolute atomic E-state index is 0.305. The highest BCUT2D eigenvalue weighted by Gasteiger charge is 2.40. The summed E-state index contributed by atoms with van der Waals surface area (Å²) in [7, 11) is 0. The Balaban J connectivity index is 1.82. The first-order valence-electron chi connectivity index (χ1n) is 11.3. The van der Waals surface area contributed by atoms with E-state index in [2.05, 4.69) is 19.2 Å². The highest BCUT2D eigenvalue weighted by molar-refractivity contribution is 6.46. The van der Waals surface area contributed by atoms with Gasteiger partial charge in [0.05, 0.1) is 11.3 Å². The van der Waals surface area contributed by atoms with Crippen molar-refractivity contribution in [1.82, 2.24) is 0 Å². The lowest BCUT2D eigenvalue weighted by atomic mass is 9.99. The van der Waals surface area contributed by atoms with Crippen LogP contribution in [0.3, 0.4) is 0 Å². The van der Waals surface area contributed by atoms with Gasteiger partial charge in [-0.05, 0) is 91.3 Å². The summed E-state index contributed by atoms with van der Waals surface area (Å²) in [6.07, 6.45) is 0. The summed E-state index contributed by atoms with van der Waals surface area (Å²) < 4.78 is 0. The molecule has 4 nitrogen and oxygen atoms in total. The molecule has 0 spiro atoms. The fourth-order valence-electron chi connectivity index (χ4n) is 4.22. The fourth-order valence-corrected chi connectivity index (χ4v) is 4.22. The molecule has 33 heavy (non-hydrogen) atoms. The van der Waals surface area contributed by atoms with Crippen molar-refractivity contribution in [2.24, 2.45) is 0 Å². The topological polar surface area (TPSA) is 49.4 Å². The summed E-state index contributed by atoms with van der Waals surface area (Å²) >= 11 is 0. The number of aryl methyl sites for hydroxylation is 4. The van der Waals surface area contributed by atoms with E-state index in [9.17, 15) is 9.59 Å². The number of carbonyl (C=O) groups excluding carboxylic acids is 2. The van der Waals surface area contributed by atoms with E-state index in [1.807, 2.05) is 88.4 Å². The maximum atomic E-state index is 13.7. The van der Waals surface area contributed by atoms with Gasteiger partial charge in [-0.25, -0.2) is 4.90 Å². The second-order valence-electron chi connectivity index (χ2n) is 9.24. The van der Waals surface area contributed by atoms with Gasteiger partial charge in [-0.1, -0.05) is 50.2 Å². The van der Waals surface area contributed by atoms with Crippen LogP contribution in [0.4, 0.5) is 11.4 Å². The van der Waals surface area contributed by atoms with E-state index in [0.717, 1.165) is 33.5 Å². The van der Waals surface area contributed by atoms with Crippen LogP contribution in [0, 0.1) is 27.7 Å². The van der Waals surface area contributed by atoms with Gasteiger partial charge in [-0.3, -0.25) is 9.59 Å². The first-order chi connectivity index (χ1) is 15.7. The predicted molar refractivity (Wildman–Crippen MR) is 135 cm³/mol. The lowest BCUT2D eigenvalue weighted by molar-refractivity contribution is -0.120. The molecule has 0 atom stereocenters. The third-order valence-electron chi connectivity index (χ3n) is 6.19. The SMILES string of the molecule is Cc1cc(C)cc(N2C(=O)C(Nc3ccc(C(C)C)cc3)=C(c3ccc(C)c(C)c3)C2=O)c1. The summed E-state index contributed by atoms with van der Waals surface area (Å²) in [5, 5.41) is 3.27. The Bertz CT molecular complexity index is 1260. The monoisotopic (exact) mass is 438 g/mol. The first kappa shape index (κ1) is 22.5. The molecule has 1 aliphatic heterocycles. The molecule has 3 aromatic carbocycles. The van der Waals surface area contributed by atoms with Crippen LogP contribution in [0.5, 0.6) is 0 Å². The van der Waals surface area contributed by atoms with Crippen LogP contribution in [0.1, 0.15) is 53.1 Å². The summed E-state index contributed by atoms with van der Waals surface area (Å²) in [5.41, 5.74) is 8.25. The molecule has 0 fully saturated rings. The van der Waals surface area contributed by atoms with E-state index < -0.39 is 0 Å². The van der Waals surface area contributed by atoms with Crippen molar-refractivity contribution >= 4 is 28.8 Å². The summed E-state index contributed by atoms with van der Waals surface area (Å²) in [6.45, 7) is 12.3. The highest BCUT2D eigenvalue weighted by atomic mass is 16.2. The van der Waals surface area contributed by atoms with Crippen molar-refractivity contribution in [2.75, 3.05) is 10.2 Å². The molecule has 1 aliphatic rings. The van der Waals surface area contributed by atoms with Crippen LogP contribution in [0.25, 0.3) is 5.57 Å². The maximum absolute atomic E-state index is 13.7. The predicted octanol–water partition coefficient (Wildman–Crippen LogP) is 6.44. The molecule has 4 heteroatoms. The van der Waals surface area contributed by atoms with Crippen molar-refractivity contribution in [3.8, 4) is 0 Å². The normalized spacial score (nSPS) is 14.0. The van der Waals surface area contributed by atoms with Gasteiger partial charge in [-0.15, -0.1) is 0 Å². The smallest absolute Gasteiger partial charge is 0.282 e. The van der Waals surface area contributed by atoms with Crippen LogP contribution < -0.4 is 10.2 Å². The zero-order valence-corrected chi connectivity index (χ0v) is 20.1. The molecule has 4 rings (SSSR count). The van der Waals surface area contributed by atoms with E-state index in [4.69, 9.17) is 0 Å². The summed E-state index contributed by atoms with van der Waals surface area (Å²) in [4.78, 5) is 28.6. The fraction of sp³-hybridized carbons (Fsp3) is 0.241. The second-order valence-corrected chi connectivity index (χ2v) is 9.24. The van der Waals surface area contributed by atoms with Crippen LogP contribution in [-0.2, 0) is 9.59 Å². The quantitative estimate of drug-likeness (QED) is 0.466. The van der Waals surface area contributed by atoms with Gasteiger partial charge in [0, 0.05) is 5.69 Å². The largest absolute Gasteiger partial charge is 0.350 e. The van der Waals surface area contributed by atoms with E-state index in [0.29, 0.717) is 22.9 Å². The van der Waals surface area contributed by atoms with E-state index in [1.165, 1.54) is 10.5 Å². The number of imide groups is 1. The molecule has 0 saturated carbocycles. The van der Waals surface area contributed by atoms with Gasteiger partial charge in [0.25, 0.3) is 11.8 Å². The van der Waals surface area contributed by atoms with Gasteiger partial charge >= 0.3 is 0 Å². The van der Waals surface area contributed by atoms with Gasteiger partial charge in [0.15, 0.2) is 0 Å². The standard InChI is InChI=1S/C29H30N2O2/c1-17(2)22-9-11-24(12-10-22)30-27-26(23-8-7-20(5)21(6)16-23)28(32)31(29(27)33)25-14-18(3)13-19(4)15-25/h7-17,30H,1-6H3. The first-order valence-corrected chi connectivity index (χ1v) is 11.3. The Morgan fingerprint density at radius 3 is 1.94 bits per heavy atom. The molecule has 0 unspecified atom stereocenters. The molecule has 1 N–H and O–H groups in total. The maximum Gasteiger partial charge on any atom is 0.282 e. The van der Waals surface area contributed by atoms with Gasteiger partial charge in [0.1, 0.15) is 5.70 Å². The van der Waals surface area contributed by atoms with Gasteiger partial charge in [-0.2, -0.15) is 0 Å². The third kappa shape index (κ3) is 4.34. The number of benzene rings is 3. The van der Waals surface area contributed by atoms with Crippen LogP contribution in [0.2, 0.25) is 0 Å². The molecule has 3 aromatic rings. The molecule has 2 amide bonds. The van der Waals surface area contributed by atoms with Crippen molar-refractivity contribution in [3.05, 3.63) is 99.7 Å². The minimum Gasteiger partial charge on any atom is -0.350 e. The Labute approximate surface area is 195 Å².